The monoisotopic (exact) mass is 224 g/mol. The van der Waals surface area contributed by atoms with Crippen LogP contribution in [0.15, 0.2) is 54.9 Å². The zero-order chi connectivity index (χ0) is 11.7. The van der Waals surface area contributed by atoms with Crippen molar-refractivity contribution in [1.82, 2.24) is 9.38 Å². The second kappa shape index (κ2) is 3.94. The SMILES string of the molecule is COc1cccn2cc(-c3ccccc3)nc12. The summed E-state index contributed by atoms with van der Waals surface area (Å²) < 4.78 is 7.27. The Bertz CT molecular complexity index is 644. The van der Waals surface area contributed by atoms with Crippen LogP contribution in [0.3, 0.4) is 0 Å². The highest BCUT2D eigenvalue weighted by Gasteiger charge is 2.07. The number of benzene rings is 1. The van der Waals surface area contributed by atoms with Gasteiger partial charge in [0.15, 0.2) is 11.4 Å². The van der Waals surface area contributed by atoms with E-state index in [9.17, 15) is 0 Å². The lowest BCUT2D eigenvalue weighted by molar-refractivity contribution is 0.417. The molecule has 3 rings (SSSR count). The van der Waals surface area contributed by atoms with Crippen molar-refractivity contribution in [3.8, 4) is 17.0 Å². The molecule has 0 aliphatic rings. The third-order valence-electron chi connectivity index (χ3n) is 2.74. The van der Waals surface area contributed by atoms with Crippen molar-refractivity contribution in [2.45, 2.75) is 0 Å². The Morgan fingerprint density at radius 2 is 1.88 bits per heavy atom. The first-order chi connectivity index (χ1) is 8.38. The summed E-state index contributed by atoms with van der Waals surface area (Å²) in [6.45, 7) is 0. The summed E-state index contributed by atoms with van der Waals surface area (Å²) in [5.74, 6) is 0.787. The summed E-state index contributed by atoms with van der Waals surface area (Å²) in [4.78, 5) is 4.59. The van der Waals surface area contributed by atoms with Crippen molar-refractivity contribution in [1.29, 1.82) is 0 Å². The van der Waals surface area contributed by atoms with Gasteiger partial charge >= 0.3 is 0 Å². The van der Waals surface area contributed by atoms with Gasteiger partial charge in [-0.3, -0.25) is 0 Å². The summed E-state index contributed by atoms with van der Waals surface area (Å²) in [5.41, 5.74) is 2.90. The Kier molecular flexibility index (Phi) is 2.29. The molecule has 2 aromatic heterocycles. The van der Waals surface area contributed by atoms with E-state index in [4.69, 9.17) is 4.74 Å². The van der Waals surface area contributed by atoms with Gasteiger partial charge in [0.2, 0.25) is 0 Å². The molecular weight excluding hydrogens is 212 g/mol. The summed E-state index contributed by atoms with van der Waals surface area (Å²) >= 11 is 0. The average molecular weight is 224 g/mol. The molecule has 0 aliphatic carbocycles. The molecule has 17 heavy (non-hydrogen) atoms. The molecule has 3 aromatic rings. The molecule has 0 amide bonds. The van der Waals surface area contributed by atoms with Crippen molar-refractivity contribution < 1.29 is 4.74 Å². The number of nitrogens with zero attached hydrogens (tertiary/aromatic N) is 2. The van der Waals surface area contributed by atoms with E-state index in [0.717, 1.165) is 22.7 Å². The molecule has 3 nitrogen and oxygen atoms in total. The van der Waals surface area contributed by atoms with Crippen molar-refractivity contribution >= 4 is 5.65 Å². The van der Waals surface area contributed by atoms with Crippen molar-refractivity contribution in [3.63, 3.8) is 0 Å². The Morgan fingerprint density at radius 3 is 2.65 bits per heavy atom. The quantitative estimate of drug-likeness (QED) is 0.669. The summed E-state index contributed by atoms with van der Waals surface area (Å²) in [6, 6.07) is 14.0. The summed E-state index contributed by atoms with van der Waals surface area (Å²) in [6.07, 6.45) is 3.98. The van der Waals surface area contributed by atoms with E-state index in [-0.39, 0.29) is 0 Å². The first kappa shape index (κ1) is 9.90. The van der Waals surface area contributed by atoms with E-state index in [1.165, 1.54) is 0 Å². The molecule has 84 valence electrons. The van der Waals surface area contributed by atoms with Crippen LogP contribution in [-0.4, -0.2) is 16.5 Å². The average Bonchev–Trinajstić information content (AvgIpc) is 2.83. The van der Waals surface area contributed by atoms with Gasteiger partial charge in [0.05, 0.1) is 12.8 Å². The third kappa shape index (κ3) is 1.65. The highest BCUT2D eigenvalue weighted by Crippen LogP contribution is 2.23. The van der Waals surface area contributed by atoms with E-state index >= 15 is 0 Å². The number of hydrogen-bond donors (Lipinski definition) is 0. The van der Waals surface area contributed by atoms with Crippen LogP contribution in [-0.2, 0) is 0 Å². The molecule has 0 bridgehead atoms. The Morgan fingerprint density at radius 1 is 1.06 bits per heavy atom. The van der Waals surface area contributed by atoms with Crippen LogP contribution in [0, 0.1) is 0 Å². The Balaban J connectivity index is 2.20. The topological polar surface area (TPSA) is 26.5 Å². The number of rotatable bonds is 2. The van der Waals surface area contributed by atoms with Crippen LogP contribution in [0.1, 0.15) is 0 Å². The Labute approximate surface area is 99.3 Å². The lowest BCUT2D eigenvalue weighted by Gasteiger charge is -1.99. The van der Waals surface area contributed by atoms with Gasteiger partial charge in [-0.2, -0.15) is 0 Å². The number of pyridine rings is 1. The van der Waals surface area contributed by atoms with Crippen LogP contribution in [0.2, 0.25) is 0 Å². The minimum atomic E-state index is 0.787. The van der Waals surface area contributed by atoms with Crippen molar-refractivity contribution in [2.75, 3.05) is 7.11 Å². The molecule has 2 heterocycles. The van der Waals surface area contributed by atoms with Gasteiger partial charge in [0.1, 0.15) is 0 Å². The fourth-order valence-electron chi connectivity index (χ4n) is 1.89. The van der Waals surface area contributed by atoms with E-state index in [1.54, 1.807) is 7.11 Å². The zero-order valence-corrected chi connectivity index (χ0v) is 9.50. The smallest absolute Gasteiger partial charge is 0.180 e. The summed E-state index contributed by atoms with van der Waals surface area (Å²) in [5, 5.41) is 0. The Hall–Kier alpha value is -2.29. The molecule has 0 aliphatic heterocycles. The van der Waals surface area contributed by atoms with Crippen molar-refractivity contribution in [3.05, 3.63) is 54.9 Å². The van der Waals surface area contributed by atoms with Gasteiger partial charge < -0.3 is 9.14 Å². The minimum Gasteiger partial charge on any atom is -0.493 e. The summed E-state index contributed by atoms with van der Waals surface area (Å²) in [7, 11) is 1.66. The van der Waals surface area contributed by atoms with E-state index < -0.39 is 0 Å². The number of hydrogen-bond acceptors (Lipinski definition) is 2. The fourth-order valence-corrected chi connectivity index (χ4v) is 1.89. The van der Waals surface area contributed by atoms with E-state index in [1.807, 2.05) is 59.3 Å². The first-order valence-corrected chi connectivity index (χ1v) is 5.45. The number of fused-ring (bicyclic) bond motifs is 1. The lowest BCUT2D eigenvalue weighted by Crippen LogP contribution is -1.88. The highest BCUT2D eigenvalue weighted by atomic mass is 16.5. The number of ether oxygens (including phenoxy) is 1. The zero-order valence-electron chi connectivity index (χ0n) is 9.50. The predicted molar refractivity (Wildman–Crippen MR) is 67.2 cm³/mol. The third-order valence-corrected chi connectivity index (χ3v) is 2.74. The van der Waals surface area contributed by atoms with Gasteiger partial charge in [0, 0.05) is 18.0 Å². The molecule has 0 N–H and O–H groups in total. The van der Waals surface area contributed by atoms with Gasteiger partial charge in [-0.25, -0.2) is 4.98 Å². The van der Waals surface area contributed by atoms with Gasteiger partial charge in [-0.05, 0) is 12.1 Å². The first-order valence-electron chi connectivity index (χ1n) is 5.45. The number of imidazole rings is 1. The number of aromatic nitrogens is 2. The largest absolute Gasteiger partial charge is 0.493 e. The molecule has 0 fully saturated rings. The van der Waals surface area contributed by atoms with Crippen LogP contribution >= 0.6 is 0 Å². The molecule has 0 atom stereocenters. The maximum Gasteiger partial charge on any atom is 0.180 e. The molecule has 0 spiro atoms. The highest BCUT2D eigenvalue weighted by molar-refractivity contribution is 5.65. The van der Waals surface area contributed by atoms with Crippen LogP contribution in [0.5, 0.6) is 5.75 Å². The lowest BCUT2D eigenvalue weighted by atomic mass is 10.2. The normalized spacial score (nSPS) is 10.6. The minimum absolute atomic E-state index is 0.787. The molecule has 0 radical (unpaired) electrons. The predicted octanol–water partition coefficient (Wildman–Crippen LogP) is 3.01. The van der Waals surface area contributed by atoms with Crippen LogP contribution in [0.4, 0.5) is 0 Å². The second-order valence-electron chi connectivity index (χ2n) is 3.80. The van der Waals surface area contributed by atoms with Gasteiger partial charge in [-0.15, -0.1) is 0 Å². The van der Waals surface area contributed by atoms with Crippen molar-refractivity contribution in [2.24, 2.45) is 0 Å². The molecule has 1 aromatic carbocycles. The second-order valence-corrected chi connectivity index (χ2v) is 3.80. The molecule has 0 unspecified atom stereocenters. The standard InChI is InChI=1S/C14H12N2O/c1-17-13-8-5-9-16-10-12(15-14(13)16)11-6-3-2-4-7-11/h2-10H,1H3. The van der Waals surface area contributed by atoms with Gasteiger partial charge in [0.25, 0.3) is 0 Å². The molecular formula is C14H12N2O. The molecule has 0 saturated carbocycles. The fraction of sp³-hybridized carbons (Fsp3) is 0.0714. The number of methoxy groups -OCH3 is 1. The van der Waals surface area contributed by atoms with E-state index in [0.29, 0.717) is 0 Å². The van der Waals surface area contributed by atoms with Crippen LogP contribution < -0.4 is 4.74 Å². The molecule has 0 saturated heterocycles. The van der Waals surface area contributed by atoms with E-state index in [2.05, 4.69) is 4.98 Å². The molecule has 3 heteroatoms. The van der Waals surface area contributed by atoms with Crippen LogP contribution in [0.25, 0.3) is 16.9 Å². The maximum atomic E-state index is 5.29. The van der Waals surface area contributed by atoms with Gasteiger partial charge in [-0.1, -0.05) is 30.3 Å². The maximum absolute atomic E-state index is 5.29.